The van der Waals surface area contributed by atoms with E-state index < -0.39 is 0 Å². The molecule has 2 rings (SSSR count). The number of benzene rings is 1. The summed E-state index contributed by atoms with van der Waals surface area (Å²) in [5.41, 5.74) is 8.50. The summed E-state index contributed by atoms with van der Waals surface area (Å²) in [6.07, 6.45) is 1.82. The standard InChI is InChI=1S/C16H25N3O/c1-4-11(2)18-16(20)12(3)19-10-14(17)9-13-7-5-6-8-15(13)19/h5-8,11-12,14H,4,9-10,17H2,1-3H3,(H,18,20). The second kappa shape index (κ2) is 6.27. The van der Waals surface area contributed by atoms with Crippen molar-refractivity contribution in [2.24, 2.45) is 5.73 Å². The lowest BCUT2D eigenvalue weighted by Gasteiger charge is -2.38. The molecule has 1 aliphatic heterocycles. The third kappa shape index (κ3) is 3.12. The van der Waals surface area contributed by atoms with Gasteiger partial charge in [0.15, 0.2) is 0 Å². The lowest BCUT2D eigenvalue weighted by molar-refractivity contribution is -0.122. The van der Waals surface area contributed by atoms with Gasteiger partial charge < -0.3 is 16.0 Å². The minimum atomic E-state index is -0.198. The van der Waals surface area contributed by atoms with Gasteiger partial charge in [-0.2, -0.15) is 0 Å². The Morgan fingerprint density at radius 3 is 2.85 bits per heavy atom. The largest absolute Gasteiger partial charge is 0.358 e. The van der Waals surface area contributed by atoms with Gasteiger partial charge in [0.1, 0.15) is 6.04 Å². The summed E-state index contributed by atoms with van der Waals surface area (Å²) in [5.74, 6) is 0.0725. The van der Waals surface area contributed by atoms with Crippen molar-refractivity contribution in [3.63, 3.8) is 0 Å². The van der Waals surface area contributed by atoms with Crippen molar-refractivity contribution in [1.29, 1.82) is 0 Å². The maximum absolute atomic E-state index is 12.3. The average molecular weight is 275 g/mol. The van der Waals surface area contributed by atoms with Crippen molar-refractivity contribution in [2.75, 3.05) is 11.4 Å². The van der Waals surface area contributed by atoms with Gasteiger partial charge >= 0.3 is 0 Å². The first kappa shape index (κ1) is 14.9. The summed E-state index contributed by atoms with van der Waals surface area (Å²) >= 11 is 0. The Morgan fingerprint density at radius 2 is 2.15 bits per heavy atom. The molecule has 0 saturated heterocycles. The minimum Gasteiger partial charge on any atom is -0.358 e. The number of fused-ring (bicyclic) bond motifs is 1. The molecule has 1 heterocycles. The fraction of sp³-hybridized carbons (Fsp3) is 0.562. The van der Waals surface area contributed by atoms with Crippen molar-refractivity contribution in [3.05, 3.63) is 29.8 Å². The fourth-order valence-electron chi connectivity index (χ4n) is 2.64. The molecule has 3 N–H and O–H groups in total. The first-order chi connectivity index (χ1) is 9.52. The number of anilines is 1. The molecule has 0 spiro atoms. The van der Waals surface area contributed by atoms with Gasteiger partial charge in [-0.1, -0.05) is 25.1 Å². The highest BCUT2D eigenvalue weighted by Crippen LogP contribution is 2.28. The van der Waals surface area contributed by atoms with Crippen LogP contribution in [0.4, 0.5) is 5.69 Å². The summed E-state index contributed by atoms with van der Waals surface area (Å²) in [7, 11) is 0. The Bertz CT molecular complexity index is 475. The van der Waals surface area contributed by atoms with Crippen molar-refractivity contribution in [1.82, 2.24) is 5.32 Å². The summed E-state index contributed by atoms with van der Waals surface area (Å²) < 4.78 is 0. The van der Waals surface area contributed by atoms with E-state index in [4.69, 9.17) is 5.73 Å². The number of nitrogens with one attached hydrogen (secondary N) is 1. The molecule has 0 radical (unpaired) electrons. The van der Waals surface area contributed by atoms with Gasteiger partial charge in [0.05, 0.1) is 0 Å². The molecule has 0 fully saturated rings. The molecule has 0 bridgehead atoms. The second-order valence-electron chi connectivity index (χ2n) is 5.74. The van der Waals surface area contributed by atoms with Crippen LogP contribution in [0.25, 0.3) is 0 Å². The Morgan fingerprint density at radius 1 is 1.45 bits per heavy atom. The summed E-state index contributed by atoms with van der Waals surface area (Å²) in [6, 6.07) is 8.31. The lowest BCUT2D eigenvalue weighted by Crippen LogP contribution is -2.53. The van der Waals surface area contributed by atoms with E-state index in [1.165, 1.54) is 5.56 Å². The van der Waals surface area contributed by atoms with Crippen LogP contribution in [0.15, 0.2) is 24.3 Å². The average Bonchev–Trinajstić information content (AvgIpc) is 2.45. The third-order valence-corrected chi connectivity index (χ3v) is 4.06. The van der Waals surface area contributed by atoms with Crippen LogP contribution in [0.2, 0.25) is 0 Å². The maximum Gasteiger partial charge on any atom is 0.242 e. The lowest BCUT2D eigenvalue weighted by atomic mass is 9.97. The van der Waals surface area contributed by atoms with Crippen LogP contribution in [0.1, 0.15) is 32.8 Å². The highest BCUT2D eigenvalue weighted by atomic mass is 16.2. The quantitative estimate of drug-likeness (QED) is 0.879. The molecule has 4 nitrogen and oxygen atoms in total. The Hall–Kier alpha value is -1.55. The Kier molecular flexibility index (Phi) is 4.65. The SMILES string of the molecule is CCC(C)NC(=O)C(C)N1CC(N)Cc2ccccc21. The molecular formula is C16H25N3O. The van der Waals surface area contributed by atoms with E-state index >= 15 is 0 Å². The number of amides is 1. The first-order valence-corrected chi connectivity index (χ1v) is 7.43. The highest BCUT2D eigenvalue weighted by molar-refractivity contribution is 5.85. The number of carbonyl (C=O) groups is 1. The minimum absolute atomic E-state index is 0.0725. The number of rotatable bonds is 4. The van der Waals surface area contributed by atoms with Crippen molar-refractivity contribution in [2.45, 2.75) is 51.7 Å². The number of hydrogen-bond donors (Lipinski definition) is 2. The van der Waals surface area contributed by atoms with E-state index in [9.17, 15) is 4.79 Å². The number of hydrogen-bond acceptors (Lipinski definition) is 3. The summed E-state index contributed by atoms with van der Waals surface area (Å²) in [6.45, 7) is 6.78. The fourth-order valence-corrected chi connectivity index (χ4v) is 2.64. The normalized spacial score (nSPS) is 21.0. The maximum atomic E-state index is 12.3. The molecule has 110 valence electrons. The van der Waals surface area contributed by atoms with Gasteiger partial charge in [0.25, 0.3) is 0 Å². The van der Waals surface area contributed by atoms with E-state index in [0.29, 0.717) is 0 Å². The van der Waals surface area contributed by atoms with Crippen LogP contribution < -0.4 is 16.0 Å². The predicted octanol–water partition coefficient (Wildman–Crippen LogP) is 1.68. The molecule has 1 aromatic carbocycles. The second-order valence-corrected chi connectivity index (χ2v) is 5.74. The van der Waals surface area contributed by atoms with Crippen molar-refractivity contribution < 1.29 is 4.79 Å². The number of nitrogens with two attached hydrogens (primary N) is 1. The molecule has 0 aromatic heterocycles. The van der Waals surface area contributed by atoms with Gasteiger partial charge in [-0.25, -0.2) is 0 Å². The zero-order chi connectivity index (χ0) is 14.7. The zero-order valence-corrected chi connectivity index (χ0v) is 12.6. The van der Waals surface area contributed by atoms with Crippen LogP contribution in [-0.4, -0.2) is 30.6 Å². The predicted molar refractivity (Wildman–Crippen MR) is 82.8 cm³/mol. The van der Waals surface area contributed by atoms with Gasteiger partial charge in [0, 0.05) is 24.3 Å². The van der Waals surface area contributed by atoms with E-state index in [2.05, 4.69) is 29.3 Å². The molecule has 0 saturated carbocycles. The van der Waals surface area contributed by atoms with Crippen molar-refractivity contribution >= 4 is 11.6 Å². The number of para-hydroxylation sites is 1. The molecular weight excluding hydrogens is 250 g/mol. The van der Waals surface area contributed by atoms with Gasteiger partial charge in [-0.15, -0.1) is 0 Å². The molecule has 0 aliphatic carbocycles. The van der Waals surface area contributed by atoms with Gasteiger partial charge in [-0.05, 0) is 38.3 Å². The number of nitrogens with zero attached hydrogens (tertiary/aromatic N) is 1. The van der Waals surface area contributed by atoms with E-state index in [0.717, 1.165) is 25.1 Å². The molecule has 1 amide bonds. The molecule has 20 heavy (non-hydrogen) atoms. The van der Waals surface area contributed by atoms with Crippen LogP contribution >= 0.6 is 0 Å². The smallest absolute Gasteiger partial charge is 0.242 e. The van der Waals surface area contributed by atoms with E-state index in [1.807, 2.05) is 26.0 Å². The zero-order valence-electron chi connectivity index (χ0n) is 12.6. The third-order valence-electron chi connectivity index (χ3n) is 4.06. The molecule has 3 atom stereocenters. The molecule has 3 unspecified atom stereocenters. The van der Waals surface area contributed by atoms with Crippen LogP contribution in [0.5, 0.6) is 0 Å². The Labute approximate surface area is 121 Å². The summed E-state index contributed by atoms with van der Waals surface area (Å²) in [5, 5.41) is 3.05. The van der Waals surface area contributed by atoms with Crippen LogP contribution in [-0.2, 0) is 11.2 Å². The molecule has 1 aliphatic rings. The van der Waals surface area contributed by atoms with Crippen LogP contribution in [0, 0.1) is 0 Å². The monoisotopic (exact) mass is 275 g/mol. The Balaban J connectivity index is 2.17. The van der Waals surface area contributed by atoms with Gasteiger partial charge in [0.2, 0.25) is 5.91 Å². The van der Waals surface area contributed by atoms with E-state index in [1.54, 1.807) is 0 Å². The van der Waals surface area contributed by atoms with E-state index in [-0.39, 0.29) is 24.0 Å². The molecule has 1 aromatic rings. The highest BCUT2D eigenvalue weighted by Gasteiger charge is 2.29. The van der Waals surface area contributed by atoms with Crippen LogP contribution in [0.3, 0.4) is 0 Å². The number of carbonyl (C=O) groups excluding carboxylic acids is 1. The summed E-state index contributed by atoms with van der Waals surface area (Å²) in [4.78, 5) is 14.5. The van der Waals surface area contributed by atoms with Crippen molar-refractivity contribution in [3.8, 4) is 0 Å². The topological polar surface area (TPSA) is 58.4 Å². The molecule has 4 heteroatoms. The van der Waals surface area contributed by atoms with Gasteiger partial charge in [-0.3, -0.25) is 4.79 Å². The first-order valence-electron chi connectivity index (χ1n) is 7.43.